The number of aromatic nitrogens is 2. The first-order chi connectivity index (χ1) is 21.2. The van der Waals surface area contributed by atoms with E-state index in [1.54, 1.807) is 17.0 Å². The number of ether oxygens (including phenoxy) is 1. The largest absolute Gasteiger partial charge is 0.506 e. The number of phenolic OH excluding ortho intramolecular Hbond substituents is 1. The van der Waals surface area contributed by atoms with E-state index in [0.717, 1.165) is 25.5 Å². The number of hydrogen-bond donors (Lipinski definition) is 1. The zero-order valence-electron chi connectivity index (χ0n) is 23.9. The van der Waals surface area contributed by atoms with Crippen LogP contribution in [-0.4, -0.2) is 82.7 Å². The molecule has 0 saturated carbocycles. The predicted octanol–water partition coefficient (Wildman–Crippen LogP) is 5.78. The molecular weight excluding hydrogens is 610 g/mol. The van der Waals surface area contributed by atoms with Crippen LogP contribution in [0.4, 0.5) is 10.2 Å². The van der Waals surface area contributed by atoms with Gasteiger partial charge in [0.25, 0.3) is 0 Å². The summed E-state index contributed by atoms with van der Waals surface area (Å²) in [4.78, 5) is 28.0. The lowest BCUT2D eigenvalue weighted by molar-refractivity contribution is -0.128. The second-order valence-electron chi connectivity index (χ2n) is 11.0. The maximum absolute atomic E-state index is 14.7. The fraction of sp³-hybridized carbons (Fsp3) is 0.355. The van der Waals surface area contributed by atoms with Gasteiger partial charge in [-0.3, -0.25) is 4.79 Å². The molecule has 228 valence electrons. The number of carbonyl (C=O) groups excluding carboxylic acids is 1. The van der Waals surface area contributed by atoms with Crippen LogP contribution in [0.15, 0.2) is 41.5 Å². The van der Waals surface area contributed by atoms with Gasteiger partial charge in [-0.15, -0.1) is 0 Å². The van der Waals surface area contributed by atoms with Gasteiger partial charge in [0.1, 0.15) is 29.6 Å². The molecule has 2 aliphatic heterocycles. The van der Waals surface area contributed by atoms with E-state index in [-0.39, 0.29) is 40.0 Å². The number of aromatic hydroxyl groups is 1. The number of nitriles is 1. The molecule has 44 heavy (non-hydrogen) atoms. The summed E-state index contributed by atoms with van der Waals surface area (Å²) < 4.78 is 26.9. The smallest absolute Gasteiger partial charge is 0.319 e. The highest BCUT2D eigenvalue weighted by Gasteiger charge is 2.33. The Kier molecular flexibility index (Phi) is 8.24. The Hall–Kier alpha value is -4.11. The Morgan fingerprint density at radius 2 is 2.09 bits per heavy atom. The molecule has 0 aliphatic carbocycles. The lowest BCUT2D eigenvalue weighted by atomic mass is 9.98. The van der Waals surface area contributed by atoms with Crippen LogP contribution in [0.5, 0.6) is 11.8 Å². The highest BCUT2D eigenvalue weighted by molar-refractivity contribution is 6.41. The number of nitrogens with zero attached hydrogens (tertiary/aromatic N) is 6. The van der Waals surface area contributed by atoms with E-state index in [1.807, 2.05) is 4.90 Å². The van der Waals surface area contributed by atoms with Crippen LogP contribution < -0.4 is 9.64 Å². The van der Waals surface area contributed by atoms with Crippen molar-refractivity contribution in [3.8, 4) is 29.0 Å². The van der Waals surface area contributed by atoms with Crippen LogP contribution in [0, 0.1) is 17.1 Å². The van der Waals surface area contributed by atoms with Gasteiger partial charge in [0.2, 0.25) is 5.91 Å². The normalized spacial score (nSPS) is 19.1. The number of furan rings is 1. The summed E-state index contributed by atoms with van der Waals surface area (Å²) in [6.07, 6.45) is 4.92. The number of fused-ring (bicyclic) bond motifs is 3. The van der Waals surface area contributed by atoms with Crippen LogP contribution in [0.3, 0.4) is 0 Å². The molecule has 2 saturated heterocycles. The molecule has 0 radical (unpaired) electrons. The van der Waals surface area contributed by atoms with Crippen LogP contribution >= 0.6 is 23.2 Å². The molecule has 2 fully saturated rings. The van der Waals surface area contributed by atoms with Crippen molar-refractivity contribution in [2.75, 3.05) is 44.7 Å². The van der Waals surface area contributed by atoms with Gasteiger partial charge in [0, 0.05) is 42.7 Å². The average molecular weight is 640 g/mol. The maximum atomic E-state index is 14.7. The summed E-state index contributed by atoms with van der Waals surface area (Å²) >= 11 is 12.9. The van der Waals surface area contributed by atoms with Crippen molar-refractivity contribution in [3.05, 3.63) is 53.0 Å². The van der Waals surface area contributed by atoms with Crippen molar-refractivity contribution in [1.82, 2.24) is 19.8 Å². The zero-order chi connectivity index (χ0) is 31.1. The van der Waals surface area contributed by atoms with Crippen molar-refractivity contribution in [1.29, 1.82) is 5.26 Å². The van der Waals surface area contributed by atoms with E-state index >= 15 is 0 Å². The lowest BCUT2D eigenvalue weighted by Crippen LogP contribution is -2.55. The molecule has 2 atom stereocenters. The number of amides is 1. The Morgan fingerprint density at radius 1 is 1.27 bits per heavy atom. The number of carbonyl (C=O) groups is 1. The van der Waals surface area contributed by atoms with E-state index in [0.29, 0.717) is 59.5 Å². The minimum absolute atomic E-state index is 0.0972. The van der Waals surface area contributed by atoms with E-state index < -0.39 is 17.6 Å². The molecule has 10 nitrogen and oxygen atoms in total. The first-order valence-electron chi connectivity index (χ1n) is 14.2. The summed E-state index contributed by atoms with van der Waals surface area (Å²) in [5.74, 6) is -1.02. The minimum atomic E-state index is -0.830. The number of piperazine rings is 1. The third-order valence-corrected chi connectivity index (χ3v) is 9.16. The second-order valence-corrected chi connectivity index (χ2v) is 11.7. The van der Waals surface area contributed by atoms with Gasteiger partial charge in [-0.1, -0.05) is 29.8 Å². The van der Waals surface area contributed by atoms with E-state index in [1.165, 1.54) is 12.3 Å². The van der Waals surface area contributed by atoms with Gasteiger partial charge in [-0.25, -0.2) is 4.39 Å². The molecule has 0 unspecified atom stereocenters. The van der Waals surface area contributed by atoms with Crippen molar-refractivity contribution in [3.63, 3.8) is 0 Å². The Labute approximate surface area is 262 Å². The molecule has 0 bridgehead atoms. The second kappa shape index (κ2) is 12.1. The van der Waals surface area contributed by atoms with Crippen LogP contribution in [0.1, 0.15) is 19.3 Å². The SMILES string of the molecule is C=CC(=O)N1CCN(c2nc(OC[C@@H]3CCCN3C)nc3cc(-c4c(Cl)c(O)cc(F)c4Cl)c4ccoc4c23)C[C@@H]1CC#N. The monoisotopic (exact) mass is 638 g/mol. The molecule has 4 heterocycles. The van der Waals surface area contributed by atoms with Crippen molar-refractivity contribution >= 4 is 56.8 Å². The van der Waals surface area contributed by atoms with Crippen LogP contribution in [0.2, 0.25) is 10.0 Å². The number of benzene rings is 2. The van der Waals surface area contributed by atoms with Gasteiger partial charge >= 0.3 is 6.01 Å². The summed E-state index contributed by atoms with van der Waals surface area (Å²) in [5, 5.41) is 20.6. The standard InChI is InChI=1S/C31H29Cl2FN6O4/c1-3-24(42)40-11-10-39(15-17(40)6-8-35)30-26-22(36-31(37-30)44-16-18-5-4-9-38(18)2)13-20(19-7-12-43-29(19)26)25-27(32)21(34)14-23(41)28(25)33/h3,7,12-14,17-18,41H,1,4-6,9-11,15-16H2,2H3/t17-,18-/m0/s1. The molecule has 0 spiro atoms. The molecule has 13 heteroatoms. The molecule has 2 aliphatic rings. The highest BCUT2D eigenvalue weighted by Crippen LogP contribution is 2.47. The molecule has 4 aromatic rings. The quantitative estimate of drug-likeness (QED) is 0.198. The zero-order valence-corrected chi connectivity index (χ0v) is 25.4. The Bertz CT molecular complexity index is 1800. The summed E-state index contributed by atoms with van der Waals surface area (Å²) in [5.41, 5.74) is 1.31. The number of hydrogen-bond acceptors (Lipinski definition) is 9. The summed E-state index contributed by atoms with van der Waals surface area (Å²) in [6.45, 7) is 6.05. The highest BCUT2D eigenvalue weighted by atomic mass is 35.5. The van der Waals surface area contributed by atoms with Crippen molar-refractivity contribution in [2.45, 2.75) is 31.3 Å². The topological polar surface area (TPSA) is 119 Å². The predicted molar refractivity (Wildman–Crippen MR) is 166 cm³/mol. The molecule has 1 amide bonds. The van der Waals surface area contributed by atoms with Gasteiger partial charge in [-0.05, 0) is 50.2 Å². The van der Waals surface area contributed by atoms with Crippen LogP contribution in [0.25, 0.3) is 33.0 Å². The van der Waals surface area contributed by atoms with Gasteiger partial charge in [-0.2, -0.15) is 15.2 Å². The molecule has 2 aromatic carbocycles. The summed E-state index contributed by atoms with van der Waals surface area (Å²) in [7, 11) is 2.05. The van der Waals surface area contributed by atoms with Gasteiger partial charge in [0.05, 0.1) is 45.7 Å². The lowest BCUT2D eigenvalue weighted by Gasteiger charge is -2.41. The number of likely N-dealkylation sites (tertiary alicyclic amines) is 1. The van der Waals surface area contributed by atoms with Gasteiger partial charge in [0.15, 0.2) is 0 Å². The first-order valence-corrected chi connectivity index (χ1v) is 14.9. The minimum Gasteiger partial charge on any atom is -0.506 e. The number of anilines is 1. The Balaban J connectivity index is 1.53. The van der Waals surface area contributed by atoms with E-state index in [9.17, 15) is 19.6 Å². The van der Waals surface area contributed by atoms with Crippen molar-refractivity contribution in [2.24, 2.45) is 0 Å². The van der Waals surface area contributed by atoms with Crippen LogP contribution in [-0.2, 0) is 4.79 Å². The van der Waals surface area contributed by atoms with Gasteiger partial charge < -0.3 is 29.0 Å². The van der Waals surface area contributed by atoms with Crippen molar-refractivity contribution < 1.29 is 23.4 Å². The molecule has 2 aromatic heterocycles. The number of rotatable bonds is 7. The first kappa shape index (κ1) is 29.9. The third kappa shape index (κ3) is 5.27. The third-order valence-electron chi connectivity index (χ3n) is 8.41. The molecular formula is C31H29Cl2FN6O4. The average Bonchev–Trinajstić information content (AvgIpc) is 3.67. The maximum Gasteiger partial charge on any atom is 0.319 e. The number of likely N-dealkylation sites (N-methyl/N-ethyl adjacent to an activating group) is 1. The summed E-state index contributed by atoms with van der Waals surface area (Å²) in [6, 6.07) is 6.38. The van der Waals surface area contributed by atoms with E-state index in [2.05, 4.69) is 24.6 Å². The number of phenols is 1. The fourth-order valence-corrected chi connectivity index (χ4v) is 6.67. The van der Waals surface area contributed by atoms with E-state index in [4.69, 9.17) is 42.3 Å². The molecule has 1 N–H and O–H groups in total. The fourth-order valence-electron chi connectivity index (χ4n) is 6.12. The molecule has 6 rings (SSSR count). The number of halogens is 3. The Morgan fingerprint density at radius 3 is 2.82 bits per heavy atom.